The molecule has 1 aromatic heterocycles. The topological polar surface area (TPSA) is 49.8 Å². The standard InChI is InChI=1S/C16H22N4/c1-12(2)16-19-14(17-3)11-15(20-16)18-10-9-13-7-5-4-6-8-13/h4-8,11-12H,9-10H2,1-3H3,(H2,17,18,19,20). The number of aromatic nitrogens is 2. The van der Waals surface area contributed by atoms with Gasteiger partial charge in [-0.2, -0.15) is 0 Å². The number of hydrogen-bond donors (Lipinski definition) is 2. The van der Waals surface area contributed by atoms with Gasteiger partial charge in [-0.05, 0) is 12.0 Å². The minimum atomic E-state index is 0.318. The van der Waals surface area contributed by atoms with Crippen LogP contribution >= 0.6 is 0 Å². The Morgan fingerprint density at radius 1 is 1.05 bits per heavy atom. The van der Waals surface area contributed by atoms with Crippen LogP contribution in [0, 0.1) is 0 Å². The van der Waals surface area contributed by atoms with Gasteiger partial charge in [-0.1, -0.05) is 44.2 Å². The van der Waals surface area contributed by atoms with Gasteiger partial charge in [-0.3, -0.25) is 0 Å². The van der Waals surface area contributed by atoms with E-state index in [1.54, 1.807) is 0 Å². The molecule has 4 nitrogen and oxygen atoms in total. The zero-order chi connectivity index (χ0) is 14.4. The van der Waals surface area contributed by atoms with Crippen LogP contribution in [0.15, 0.2) is 36.4 Å². The van der Waals surface area contributed by atoms with Crippen molar-refractivity contribution >= 4 is 11.6 Å². The van der Waals surface area contributed by atoms with E-state index in [0.717, 1.165) is 30.4 Å². The van der Waals surface area contributed by atoms with Crippen LogP contribution in [0.4, 0.5) is 11.6 Å². The number of hydrogen-bond acceptors (Lipinski definition) is 4. The largest absolute Gasteiger partial charge is 0.373 e. The maximum absolute atomic E-state index is 4.55. The van der Waals surface area contributed by atoms with Crippen molar-refractivity contribution in [2.75, 3.05) is 24.2 Å². The van der Waals surface area contributed by atoms with E-state index < -0.39 is 0 Å². The zero-order valence-corrected chi connectivity index (χ0v) is 12.4. The third-order valence-electron chi connectivity index (χ3n) is 3.08. The number of rotatable bonds is 6. The fourth-order valence-corrected chi connectivity index (χ4v) is 1.92. The molecule has 0 unspecified atom stereocenters. The Balaban J connectivity index is 2.00. The molecule has 4 heteroatoms. The molecule has 0 aliphatic heterocycles. The normalized spacial score (nSPS) is 10.6. The highest BCUT2D eigenvalue weighted by Gasteiger charge is 2.07. The first-order chi connectivity index (χ1) is 9.69. The van der Waals surface area contributed by atoms with Crippen molar-refractivity contribution in [3.05, 3.63) is 47.8 Å². The number of anilines is 2. The summed E-state index contributed by atoms with van der Waals surface area (Å²) in [5.41, 5.74) is 1.33. The summed E-state index contributed by atoms with van der Waals surface area (Å²) in [5, 5.41) is 6.45. The molecule has 0 saturated carbocycles. The lowest BCUT2D eigenvalue weighted by Crippen LogP contribution is -2.10. The first-order valence-electron chi connectivity index (χ1n) is 7.03. The smallest absolute Gasteiger partial charge is 0.135 e. The van der Waals surface area contributed by atoms with Crippen LogP contribution in [-0.2, 0) is 6.42 Å². The highest BCUT2D eigenvalue weighted by atomic mass is 15.1. The zero-order valence-electron chi connectivity index (χ0n) is 12.4. The van der Waals surface area contributed by atoms with E-state index in [1.807, 2.05) is 19.2 Å². The average molecular weight is 270 g/mol. The van der Waals surface area contributed by atoms with Gasteiger partial charge in [0.05, 0.1) is 0 Å². The van der Waals surface area contributed by atoms with Crippen LogP contribution in [0.25, 0.3) is 0 Å². The van der Waals surface area contributed by atoms with Gasteiger partial charge < -0.3 is 10.6 Å². The van der Waals surface area contributed by atoms with Gasteiger partial charge >= 0.3 is 0 Å². The van der Waals surface area contributed by atoms with Gasteiger partial charge in [0.1, 0.15) is 17.5 Å². The minimum Gasteiger partial charge on any atom is -0.373 e. The highest BCUT2D eigenvalue weighted by Crippen LogP contribution is 2.16. The molecule has 1 aromatic carbocycles. The van der Waals surface area contributed by atoms with Crippen LogP contribution in [0.2, 0.25) is 0 Å². The van der Waals surface area contributed by atoms with Gasteiger partial charge in [-0.15, -0.1) is 0 Å². The lowest BCUT2D eigenvalue weighted by Gasteiger charge is -2.11. The quantitative estimate of drug-likeness (QED) is 0.845. The molecular formula is C16H22N4. The molecule has 20 heavy (non-hydrogen) atoms. The van der Waals surface area contributed by atoms with Crippen molar-refractivity contribution in [3.8, 4) is 0 Å². The second kappa shape index (κ2) is 6.89. The molecule has 0 aliphatic rings. The van der Waals surface area contributed by atoms with Gasteiger partial charge in [0.25, 0.3) is 0 Å². The van der Waals surface area contributed by atoms with E-state index in [2.05, 4.69) is 58.7 Å². The first kappa shape index (κ1) is 14.3. The van der Waals surface area contributed by atoms with Gasteiger partial charge in [0.15, 0.2) is 0 Å². The minimum absolute atomic E-state index is 0.318. The molecule has 0 radical (unpaired) electrons. The molecule has 2 rings (SSSR count). The van der Waals surface area contributed by atoms with Crippen LogP contribution < -0.4 is 10.6 Å². The van der Waals surface area contributed by atoms with Crippen molar-refractivity contribution in [1.82, 2.24) is 9.97 Å². The second-order valence-electron chi connectivity index (χ2n) is 5.06. The van der Waals surface area contributed by atoms with Gasteiger partial charge in [-0.25, -0.2) is 9.97 Å². The Kier molecular flexibility index (Phi) is 4.93. The molecule has 0 saturated heterocycles. The predicted molar refractivity (Wildman–Crippen MR) is 84.3 cm³/mol. The molecule has 0 aliphatic carbocycles. The second-order valence-corrected chi connectivity index (χ2v) is 5.06. The Hall–Kier alpha value is -2.10. The molecule has 1 heterocycles. The van der Waals surface area contributed by atoms with E-state index >= 15 is 0 Å². The number of benzene rings is 1. The number of nitrogens with zero attached hydrogens (tertiary/aromatic N) is 2. The lowest BCUT2D eigenvalue weighted by molar-refractivity contribution is 0.775. The molecule has 106 valence electrons. The third kappa shape index (κ3) is 3.95. The Morgan fingerprint density at radius 3 is 2.40 bits per heavy atom. The van der Waals surface area contributed by atoms with E-state index in [1.165, 1.54) is 5.56 Å². The van der Waals surface area contributed by atoms with Crippen molar-refractivity contribution in [1.29, 1.82) is 0 Å². The maximum Gasteiger partial charge on any atom is 0.135 e. The fourth-order valence-electron chi connectivity index (χ4n) is 1.92. The molecule has 0 atom stereocenters. The summed E-state index contributed by atoms with van der Waals surface area (Å²) in [7, 11) is 1.88. The van der Waals surface area contributed by atoms with E-state index in [4.69, 9.17) is 0 Å². The van der Waals surface area contributed by atoms with Crippen molar-refractivity contribution in [2.45, 2.75) is 26.2 Å². The third-order valence-corrected chi connectivity index (χ3v) is 3.08. The molecular weight excluding hydrogens is 248 g/mol. The van der Waals surface area contributed by atoms with E-state index in [9.17, 15) is 0 Å². The molecule has 0 bridgehead atoms. The SMILES string of the molecule is CNc1cc(NCCc2ccccc2)nc(C(C)C)n1. The van der Waals surface area contributed by atoms with Crippen LogP contribution in [0.1, 0.15) is 31.2 Å². The maximum atomic E-state index is 4.55. The van der Waals surface area contributed by atoms with Crippen LogP contribution in [0.3, 0.4) is 0 Å². The molecule has 0 amide bonds. The van der Waals surface area contributed by atoms with Gasteiger partial charge in [0.2, 0.25) is 0 Å². The van der Waals surface area contributed by atoms with E-state index in [-0.39, 0.29) is 0 Å². The fraction of sp³-hybridized carbons (Fsp3) is 0.375. The molecule has 2 aromatic rings. The monoisotopic (exact) mass is 270 g/mol. The summed E-state index contributed by atoms with van der Waals surface area (Å²) in [5.74, 6) is 2.91. The first-order valence-corrected chi connectivity index (χ1v) is 7.03. The lowest BCUT2D eigenvalue weighted by atomic mass is 10.1. The highest BCUT2D eigenvalue weighted by molar-refractivity contribution is 5.47. The van der Waals surface area contributed by atoms with E-state index in [0.29, 0.717) is 5.92 Å². The summed E-state index contributed by atoms with van der Waals surface area (Å²) in [6.07, 6.45) is 0.983. The predicted octanol–water partition coefficient (Wildman–Crippen LogP) is 3.30. The number of nitrogens with one attached hydrogen (secondary N) is 2. The summed E-state index contributed by atoms with van der Waals surface area (Å²) in [6, 6.07) is 12.4. The van der Waals surface area contributed by atoms with Crippen LogP contribution in [0.5, 0.6) is 0 Å². The van der Waals surface area contributed by atoms with Crippen molar-refractivity contribution in [3.63, 3.8) is 0 Å². The summed E-state index contributed by atoms with van der Waals surface area (Å²) in [6.45, 7) is 5.06. The summed E-state index contributed by atoms with van der Waals surface area (Å²) >= 11 is 0. The van der Waals surface area contributed by atoms with Gasteiger partial charge in [0, 0.05) is 25.6 Å². The molecule has 2 N–H and O–H groups in total. The van der Waals surface area contributed by atoms with Crippen LogP contribution in [-0.4, -0.2) is 23.6 Å². The summed E-state index contributed by atoms with van der Waals surface area (Å²) in [4.78, 5) is 9.01. The Bertz CT molecular complexity index is 537. The average Bonchev–Trinajstić information content (AvgIpc) is 2.48. The Labute approximate surface area is 120 Å². The Morgan fingerprint density at radius 2 is 1.75 bits per heavy atom. The molecule has 0 spiro atoms. The van der Waals surface area contributed by atoms with Crippen molar-refractivity contribution < 1.29 is 0 Å². The summed E-state index contributed by atoms with van der Waals surface area (Å²) < 4.78 is 0. The molecule has 0 fully saturated rings. The van der Waals surface area contributed by atoms with Crippen molar-refractivity contribution in [2.24, 2.45) is 0 Å².